The summed E-state index contributed by atoms with van der Waals surface area (Å²) in [4.78, 5) is 1.48. The molecular formula is C19H20S. The van der Waals surface area contributed by atoms with Gasteiger partial charge in [0.15, 0.2) is 0 Å². The van der Waals surface area contributed by atoms with Gasteiger partial charge in [-0.1, -0.05) is 63.2 Å². The van der Waals surface area contributed by atoms with Crippen molar-refractivity contribution in [2.24, 2.45) is 5.41 Å². The third-order valence-electron chi connectivity index (χ3n) is 5.16. The molecule has 4 rings (SSSR count). The molecule has 0 N–H and O–H groups in total. The molecule has 2 aliphatic rings. The summed E-state index contributed by atoms with van der Waals surface area (Å²) >= 11 is 2.06. The zero-order chi connectivity index (χ0) is 14.0. The SMILES string of the molecule is CC(C)(C)C12CC(Sc3ccccc31)c1ccccc12. The topological polar surface area (TPSA) is 0 Å². The van der Waals surface area contributed by atoms with Crippen LogP contribution in [0.5, 0.6) is 0 Å². The second-order valence-electron chi connectivity index (χ2n) is 7.05. The molecule has 1 aliphatic carbocycles. The van der Waals surface area contributed by atoms with Crippen molar-refractivity contribution in [3.05, 3.63) is 65.2 Å². The zero-order valence-corrected chi connectivity index (χ0v) is 13.1. The van der Waals surface area contributed by atoms with Crippen molar-refractivity contribution in [3.63, 3.8) is 0 Å². The van der Waals surface area contributed by atoms with E-state index in [1.165, 1.54) is 11.3 Å². The summed E-state index contributed by atoms with van der Waals surface area (Å²) in [6.07, 6.45) is 1.25. The quantitative estimate of drug-likeness (QED) is 0.608. The van der Waals surface area contributed by atoms with E-state index in [9.17, 15) is 0 Å². The Balaban J connectivity index is 2.10. The molecule has 0 saturated heterocycles. The van der Waals surface area contributed by atoms with Gasteiger partial charge in [-0.15, -0.1) is 11.8 Å². The molecule has 102 valence electrons. The lowest BCUT2D eigenvalue weighted by atomic mass is 9.59. The third kappa shape index (κ3) is 1.39. The van der Waals surface area contributed by atoms with Crippen molar-refractivity contribution < 1.29 is 0 Å². The Bertz CT molecular complexity index is 667. The van der Waals surface area contributed by atoms with Crippen LogP contribution in [-0.4, -0.2) is 0 Å². The maximum atomic E-state index is 2.40. The van der Waals surface area contributed by atoms with Gasteiger partial charge in [0.05, 0.1) is 0 Å². The molecule has 2 aromatic rings. The average Bonchev–Trinajstić information content (AvgIpc) is 2.71. The Morgan fingerprint density at radius 2 is 1.60 bits per heavy atom. The maximum absolute atomic E-state index is 2.40. The summed E-state index contributed by atoms with van der Waals surface area (Å²) in [6.45, 7) is 7.21. The highest BCUT2D eigenvalue weighted by atomic mass is 32.2. The lowest BCUT2D eigenvalue weighted by Crippen LogP contribution is -2.40. The number of thioether (sulfide) groups is 1. The Kier molecular flexibility index (Phi) is 2.45. The smallest absolute Gasteiger partial charge is 0.0359 e. The lowest BCUT2D eigenvalue weighted by Gasteiger charge is -2.46. The van der Waals surface area contributed by atoms with Crippen LogP contribution in [0.2, 0.25) is 0 Å². The van der Waals surface area contributed by atoms with E-state index in [2.05, 4.69) is 81.1 Å². The van der Waals surface area contributed by atoms with Gasteiger partial charge in [-0.2, -0.15) is 0 Å². The standard InChI is InChI=1S/C19H20S/c1-18(2,3)19-12-17(13-8-4-5-9-14(13)19)20-16-11-7-6-10-15(16)19/h4-11,17H,12H2,1-3H3. The molecular weight excluding hydrogens is 260 g/mol. The number of benzene rings is 2. The fraction of sp³-hybridized carbons (Fsp3) is 0.368. The van der Waals surface area contributed by atoms with Crippen LogP contribution in [0.4, 0.5) is 0 Å². The molecule has 1 heterocycles. The second-order valence-corrected chi connectivity index (χ2v) is 8.29. The first kappa shape index (κ1) is 12.5. The van der Waals surface area contributed by atoms with Crippen LogP contribution in [0, 0.1) is 5.41 Å². The molecule has 0 nitrogen and oxygen atoms in total. The summed E-state index contributed by atoms with van der Waals surface area (Å²) in [6, 6.07) is 18.1. The van der Waals surface area contributed by atoms with Gasteiger partial charge in [-0.25, -0.2) is 0 Å². The molecule has 0 radical (unpaired) electrons. The van der Waals surface area contributed by atoms with Crippen molar-refractivity contribution in [2.45, 2.75) is 42.8 Å². The highest BCUT2D eigenvalue weighted by Crippen LogP contribution is 2.66. The van der Waals surface area contributed by atoms with Crippen LogP contribution < -0.4 is 0 Å². The van der Waals surface area contributed by atoms with Gasteiger partial charge in [-0.3, -0.25) is 0 Å². The van der Waals surface area contributed by atoms with E-state index < -0.39 is 0 Å². The Hall–Kier alpha value is -1.21. The van der Waals surface area contributed by atoms with Crippen molar-refractivity contribution in [1.29, 1.82) is 0 Å². The molecule has 2 bridgehead atoms. The summed E-state index contributed by atoms with van der Waals surface area (Å²) < 4.78 is 0. The molecule has 2 unspecified atom stereocenters. The normalized spacial score (nSPS) is 27.1. The van der Waals surface area contributed by atoms with E-state index in [-0.39, 0.29) is 10.8 Å². The van der Waals surface area contributed by atoms with Crippen molar-refractivity contribution >= 4 is 11.8 Å². The van der Waals surface area contributed by atoms with E-state index in [4.69, 9.17) is 0 Å². The molecule has 2 aromatic carbocycles. The minimum atomic E-state index is 0.177. The van der Waals surface area contributed by atoms with Crippen LogP contribution in [0.25, 0.3) is 0 Å². The molecule has 0 aromatic heterocycles. The van der Waals surface area contributed by atoms with Crippen molar-refractivity contribution in [3.8, 4) is 0 Å². The van der Waals surface area contributed by atoms with Crippen LogP contribution in [0.15, 0.2) is 53.4 Å². The van der Waals surface area contributed by atoms with E-state index in [1.54, 1.807) is 16.7 Å². The van der Waals surface area contributed by atoms with Crippen LogP contribution in [0.1, 0.15) is 49.1 Å². The fourth-order valence-corrected chi connectivity index (χ4v) is 5.71. The first-order valence-corrected chi connectivity index (χ1v) is 8.27. The second kappa shape index (κ2) is 3.92. The van der Waals surface area contributed by atoms with Gasteiger partial charge in [-0.05, 0) is 34.6 Å². The van der Waals surface area contributed by atoms with Crippen molar-refractivity contribution in [2.75, 3.05) is 0 Å². The largest absolute Gasteiger partial charge is 0.118 e. The summed E-state index contributed by atoms with van der Waals surface area (Å²) in [5.41, 5.74) is 5.07. The summed E-state index contributed by atoms with van der Waals surface area (Å²) in [5, 5.41) is 0.625. The lowest BCUT2D eigenvalue weighted by molar-refractivity contribution is 0.220. The van der Waals surface area contributed by atoms with Gasteiger partial charge < -0.3 is 0 Å². The van der Waals surface area contributed by atoms with Gasteiger partial charge in [0.25, 0.3) is 0 Å². The van der Waals surface area contributed by atoms with Gasteiger partial charge in [0.2, 0.25) is 0 Å². The number of rotatable bonds is 0. The van der Waals surface area contributed by atoms with Gasteiger partial charge in [0, 0.05) is 15.6 Å². The summed E-state index contributed by atoms with van der Waals surface area (Å²) in [5.74, 6) is 0. The van der Waals surface area contributed by atoms with E-state index in [1.807, 2.05) is 0 Å². The average molecular weight is 280 g/mol. The predicted octanol–water partition coefficient (Wildman–Crippen LogP) is 5.57. The van der Waals surface area contributed by atoms with Crippen LogP contribution in [0.3, 0.4) is 0 Å². The highest BCUT2D eigenvalue weighted by molar-refractivity contribution is 7.99. The van der Waals surface area contributed by atoms with E-state index in [0.29, 0.717) is 5.25 Å². The molecule has 0 saturated carbocycles. The Labute approximate surface area is 125 Å². The fourth-order valence-electron chi connectivity index (χ4n) is 4.21. The molecule has 0 amide bonds. The molecule has 20 heavy (non-hydrogen) atoms. The zero-order valence-electron chi connectivity index (χ0n) is 12.3. The monoisotopic (exact) mass is 280 g/mol. The first-order chi connectivity index (χ1) is 9.54. The number of hydrogen-bond donors (Lipinski definition) is 0. The Morgan fingerprint density at radius 3 is 2.35 bits per heavy atom. The summed E-state index contributed by atoms with van der Waals surface area (Å²) in [7, 11) is 0. The van der Waals surface area contributed by atoms with E-state index >= 15 is 0 Å². The van der Waals surface area contributed by atoms with Crippen LogP contribution >= 0.6 is 11.8 Å². The maximum Gasteiger partial charge on any atom is 0.0359 e. The molecule has 0 fully saturated rings. The Morgan fingerprint density at radius 1 is 0.950 bits per heavy atom. The minimum Gasteiger partial charge on any atom is -0.118 e. The van der Waals surface area contributed by atoms with Gasteiger partial charge in [0.1, 0.15) is 0 Å². The number of fused-ring (bicyclic) bond motifs is 7. The highest BCUT2D eigenvalue weighted by Gasteiger charge is 2.55. The first-order valence-electron chi connectivity index (χ1n) is 7.40. The van der Waals surface area contributed by atoms with Gasteiger partial charge >= 0.3 is 0 Å². The molecule has 1 aliphatic heterocycles. The minimum absolute atomic E-state index is 0.177. The molecule has 1 heteroatoms. The van der Waals surface area contributed by atoms with E-state index in [0.717, 1.165) is 0 Å². The number of hydrogen-bond acceptors (Lipinski definition) is 1. The third-order valence-corrected chi connectivity index (χ3v) is 6.47. The molecule has 2 atom stereocenters. The molecule has 0 spiro atoms. The van der Waals surface area contributed by atoms with Crippen LogP contribution in [-0.2, 0) is 5.41 Å². The van der Waals surface area contributed by atoms with Crippen molar-refractivity contribution in [1.82, 2.24) is 0 Å². The predicted molar refractivity (Wildman–Crippen MR) is 86.3 cm³/mol.